The van der Waals surface area contributed by atoms with E-state index in [2.05, 4.69) is 32.2 Å². The van der Waals surface area contributed by atoms with Crippen LogP contribution in [0.25, 0.3) is 0 Å². The van der Waals surface area contributed by atoms with Gasteiger partial charge >= 0.3 is 0 Å². The summed E-state index contributed by atoms with van der Waals surface area (Å²) in [6.45, 7) is 8.67. The molecule has 1 aromatic rings. The van der Waals surface area contributed by atoms with Crippen molar-refractivity contribution in [1.82, 2.24) is 5.32 Å². The number of carbonyl (C=O) groups excluding carboxylic acids is 1. The second-order valence-electron chi connectivity index (χ2n) is 5.31. The molecule has 1 N–H and O–H groups in total. The van der Waals surface area contributed by atoms with Gasteiger partial charge < -0.3 is 5.32 Å². The van der Waals surface area contributed by atoms with E-state index in [9.17, 15) is 4.79 Å². The van der Waals surface area contributed by atoms with Crippen LogP contribution in [0.2, 0.25) is 0 Å². The number of hydrogen-bond donors (Lipinski definition) is 1. The summed E-state index contributed by atoms with van der Waals surface area (Å²) in [4.78, 5) is 11.7. The topological polar surface area (TPSA) is 29.1 Å². The third-order valence-corrected chi connectivity index (χ3v) is 2.30. The Morgan fingerprint density at radius 3 is 2.56 bits per heavy atom. The Bertz CT molecular complexity index is 363. The van der Waals surface area contributed by atoms with Crippen molar-refractivity contribution in [2.75, 3.05) is 6.54 Å². The van der Waals surface area contributed by atoms with Crippen LogP contribution < -0.4 is 5.32 Å². The summed E-state index contributed by atoms with van der Waals surface area (Å²) in [6.07, 6.45) is 0.519. The number of ketones is 1. The molecule has 1 rings (SSSR count). The molecule has 0 aliphatic heterocycles. The molecule has 2 nitrogen and oxygen atoms in total. The molecule has 0 aliphatic rings. The first-order chi connectivity index (χ1) is 7.37. The van der Waals surface area contributed by atoms with Gasteiger partial charge in [-0.25, -0.2) is 0 Å². The fourth-order valence-electron chi connectivity index (χ4n) is 1.48. The van der Waals surface area contributed by atoms with E-state index < -0.39 is 0 Å². The van der Waals surface area contributed by atoms with Crippen molar-refractivity contribution in [2.24, 2.45) is 0 Å². The number of Topliss-reactive ketones (excluding diaryl/α,β-unsaturated/α-hetero) is 1. The van der Waals surface area contributed by atoms with Crippen molar-refractivity contribution in [2.45, 2.75) is 39.7 Å². The highest BCUT2D eigenvalue weighted by Crippen LogP contribution is 2.05. The molecule has 88 valence electrons. The molecule has 0 atom stereocenters. The van der Waals surface area contributed by atoms with Crippen LogP contribution in [0.15, 0.2) is 24.3 Å². The summed E-state index contributed by atoms with van der Waals surface area (Å²) in [5, 5.41) is 3.21. The lowest BCUT2D eigenvalue weighted by molar-refractivity contribution is -0.117. The maximum absolute atomic E-state index is 11.7. The number of benzene rings is 1. The molecule has 0 radical (unpaired) electrons. The Morgan fingerprint density at radius 2 is 2.00 bits per heavy atom. The molecule has 0 amide bonds. The van der Waals surface area contributed by atoms with Gasteiger partial charge in [-0.15, -0.1) is 0 Å². The molecule has 0 aliphatic carbocycles. The van der Waals surface area contributed by atoms with Gasteiger partial charge in [-0.05, 0) is 33.3 Å². The second-order valence-corrected chi connectivity index (χ2v) is 5.31. The zero-order valence-electron chi connectivity index (χ0n) is 10.6. The largest absolute Gasteiger partial charge is 0.305 e. The van der Waals surface area contributed by atoms with E-state index >= 15 is 0 Å². The average molecular weight is 219 g/mol. The Balaban J connectivity index is 2.46. The molecule has 16 heavy (non-hydrogen) atoms. The van der Waals surface area contributed by atoms with Crippen molar-refractivity contribution in [3.63, 3.8) is 0 Å². The van der Waals surface area contributed by atoms with E-state index in [1.165, 1.54) is 5.56 Å². The van der Waals surface area contributed by atoms with Gasteiger partial charge in [-0.2, -0.15) is 0 Å². The highest BCUT2D eigenvalue weighted by molar-refractivity contribution is 5.82. The fourth-order valence-corrected chi connectivity index (χ4v) is 1.48. The van der Waals surface area contributed by atoms with Gasteiger partial charge in [0.05, 0.1) is 6.54 Å². The van der Waals surface area contributed by atoms with Gasteiger partial charge in [0.25, 0.3) is 0 Å². The van der Waals surface area contributed by atoms with E-state index in [4.69, 9.17) is 0 Å². The molecule has 0 bridgehead atoms. The smallest absolute Gasteiger partial charge is 0.150 e. The van der Waals surface area contributed by atoms with Crippen LogP contribution in [0.3, 0.4) is 0 Å². The average Bonchev–Trinajstić information content (AvgIpc) is 2.14. The third-order valence-electron chi connectivity index (χ3n) is 2.30. The van der Waals surface area contributed by atoms with Crippen LogP contribution in [-0.4, -0.2) is 17.9 Å². The Labute approximate surface area is 98.1 Å². The van der Waals surface area contributed by atoms with Crippen LogP contribution in [0.1, 0.15) is 31.9 Å². The predicted molar refractivity (Wildman–Crippen MR) is 67.6 cm³/mol. The van der Waals surface area contributed by atoms with Crippen molar-refractivity contribution in [3.05, 3.63) is 35.4 Å². The molecule has 2 heteroatoms. The van der Waals surface area contributed by atoms with Crippen molar-refractivity contribution in [3.8, 4) is 0 Å². The Hall–Kier alpha value is -1.15. The first kappa shape index (κ1) is 12.9. The quantitative estimate of drug-likeness (QED) is 0.843. The minimum absolute atomic E-state index is 0.00225. The molecule has 0 unspecified atom stereocenters. The molecule has 0 fully saturated rings. The maximum atomic E-state index is 11.7. The van der Waals surface area contributed by atoms with E-state index in [1.54, 1.807) is 0 Å². The number of nitrogens with one attached hydrogen (secondary N) is 1. The number of rotatable bonds is 4. The molecule has 0 aromatic heterocycles. The Kier molecular flexibility index (Phi) is 4.25. The predicted octanol–water partition coefficient (Wildman–Crippen LogP) is 2.49. The number of carbonyl (C=O) groups is 1. The van der Waals surface area contributed by atoms with Crippen LogP contribution in [0, 0.1) is 6.92 Å². The van der Waals surface area contributed by atoms with Gasteiger partial charge in [0.15, 0.2) is 5.78 Å². The third kappa shape index (κ3) is 5.08. The highest BCUT2D eigenvalue weighted by Gasteiger charge is 2.11. The van der Waals surface area contributed by atoms with Crippen LogP contribution in [0.4, 0.5) is 0 Å². The second kappa shape index (κ2) is 5.26. The first-order valence-electron chi connectivity index (χ1n) is 5.69. The van der Waals surface area contributed by atoms with E-state index in [0.29, 0.717) is 13.0 Å². The standard InChI is InChI=1S/C14H21NO/c1-11-6-5-7-12(8-11)9-13(16)10-15-14(2,3)4/h5-8,15H,9-10H2,1-4H3. The minimum atomic E-state index is 0.00225. The maximum Gasteiger partial charge on any atom is 0.150 e. The summed E-state index contributed by atoms with van der Waals surface area (Å²) in [5.74, 6) is 0.237. The summed E-state index contributed by atoms with van der Waals surface area (Å²) in [6, 6.07) is 8.10. The van der Waals surface area contributed by atoms with Gasteiger partial charge in [-0.1, -0.05) is 29.8 Å². The monoisotopic (exact) mass is 219 g/mol. The summed E-state index contributed by atoms with van der Waals surface area (Å²) < 4.78 is 0. The van der Waals surface area contributed by atoms with Crippen molar-refractivity contribution >= 4 is 5.78 Å². The molecule has 1 aromatic carbocycles. The lowest BCUT2D eigenvalue weighted by atomic mass is 10.1. The van der Waals surface area contributed by atoms with Gasteiger partial charge in [0.2, 0.25) is 0 Å². The molecule has 0 saturated heterocycles. The minimum Gasteiger partial charge on any atom is -0.305 e. The summed E-state index contributed by atoms with van der Waals surface area (Å²) >= 11 is 0. The van der Waals surface area contributed by atoms with Gasteiger partial charge in [0.1, 0.15) is 0 Å². The molecular formula is C14H21NO. The number of hydrogen-bond acceptors (Lipinski definition) is 2. The number of aryl methyl sites for hydroxylation is 1. The molecule has 0 spiro atoms. The van der Waals surface area contributed by atoms with Crippen LogP contribution >= 0.6 is 0 Å². The van der Waals surface area contributed by atoms with Crippen molar-refractivity contribution < 1.29 is 4.79 Å². The SMILES string of the molecule is Cc1cccc(CC(=O)CNC(C)(C)C)c1. The van der Waals surface area contributed by atoms with Gasteiger partial charge in [-0.3, -0.25) is 4.79 Å². The van der Waals surface area contributed by atoms with E-state index in [1.807, 2.05) is 25.1 Å². The zero-order valence-corrected chi connectivity index (χ0v) is 10.6. The van der Waals surface area contributed by atoms with Gasteiger partial charge in [0, 0.05) is 12.0 Å². The molecule has 0 saturated carbocycles. The lowest BCUT2D eigenvalue weighted by Gasteiger charge is -2.19. The fraction of sp³-hybridized carbons (Fsp3) is 0.500. The van der Waals surface area contributed by atoms with E-state index in [0.717, 1.165) is 5.56 Å². The Morgan fingerprint density at radius 1 is 1.31 bits per heavy atom. The van der Waals surface area contributed by atoms with Crippen molar-refractivity contribution in [1.29, 1.82) is 0 Å². The van der Waals surface area contributed by atoms with Crippen LogP contribution in [0.5, 0.6) is 0 Å². The summed E-state index contributed by atoms with van der Waals surface area (Å²) in [5.41, 5.74) is 2.30. The molecular weight excluding hydrogens is 198 g/mol. The first-order valence-corrected chi connectivity index (χ1v) is 5.69. The summed E-state index contributed by atoms with van der Waals surface area (Å²) in [7, 11) is 0. The zero-order chi connectivity index (χ0) is 12.2. The van der Waals surface area contributed by atoms with E-state index in [-0.39, 0.29) is 11.3 Å². The van der Waals surface area contributed by atoms with Crippen LogP contribution in [-0.2, 0) is 11.2 Å². The normalized spacial score (nSPS) is 11.5. The molecule has 0 heterocycles. The highest BCUT2D eigenvalue weighted by atomic mass is 16.1. The lowest BCUT2D eigenvalue weighted by Crippen LogP contribution is -2.39.